The third kappa shape index (κ3) is 3.83. The molecule has 1 atom stereocenters. The SMILES string of the molecule is COc1cccnc1C1CCN(C2CCCN(c3ncns3)CC2)CC1. The predicted molar refractivity (Wildman–Crippen MR) is 104 cm³/mol. The van der Waals surface area contributed by atoms with Crippen molar-refractivity contribution in [1.29, 1.82) is 0 Å². The first kappa shape index (κ1) is 17.7. The van der Waals surface area contributed by atoms with E-state index in [4.69, 9.17) is 4.74 Å². The molecule has 0 amide bonds. The first-order valence-electron chi connectivity index (χ1n) is 9.59. The van der Waals surface area contributed by atoms with E-state index in [-0.39, 0.29) is 0 Å². The summed E-state index contributed by atoms with van der Waals surface area (Å²) in [5.41, 5.74) is 1.14. The fraction of sp³-hybridized carbons (Fsp3) is 0.632. The Morgan fingerprint density at radius 1 is 1.08 bits per heavy atom. The van der Waals surface area contributed by atoms with Gasteiger partial charge in [0.2, 0.25) is 5.13 Å². The fourth-order valence-electron chi connectivity index (χ4n) is 4.36. The molecule has 2 aliphatic rings. The molecule has 1 unspecified atom stereocenters. The van der Waals surface area contributed by atoms with Gasteiger partial charge in [-0.2, -0.15) is 4.37 Å². The molecule has 2 aromatic rings. The van der Waals surface area contributed by atoms with Crippen molar-refractivity contribution in [1.82, 2.24) is 19.2 Å². The van der Waals surface area contributed by atoms with E-state index in [0.717, 1.165) is 42.8 Å². The van der Waals surface area contributed by atoms with Crippen LogP contribution >= 0.6 is 11.5 Å². The van der Waals surface area contributed by atoms with Crippen LogP contribution in [-0.4, -0.2) is 58.6 Å². The second kappa shape index (κ2) is 8.31. The largest absolute Gasteiger partial charge is 0.495 e. The molecule has 0 spiro atoms. The van der Waals surface area contributed by atoms with Crippen molar-refractivity contribution < 1.29 is 4.74 Å². The fourth-order valence-corrected chi connectivity index (χ4v) is 4.94. The standard InChI is InChI=1S/C19H27N5OS/c1-25-17-5-2-9-20-18(17)15-6-11-23(12-7-15)16-4-3-10-24(13-8-16)19-21-14-22-26-19/h2,5,9,14-16H,3-4,6-8,10-13H2,1H3. The Balaban J connectivity index is 1.33. The van der Waals surface area contributed by atoms with Gasteiger partial charge >= 0.3 is 0 Å². The summed E-state index contributed by atoms with van der Waals surface area (Å²) in [6.07, 6.45) is 9.63. The highest BCUT2D eigenvalue weighted by Gasteiger charge is 2.29. The molecule has 7 heteroatoms. The summed E-state index contributed by atoms with van der Waals surface area (Å²) in [6.45, 7) is 4.52. The lowest BCUT2D eigenvalue weighted by atomic mass is 9.91. The number of ether oxygens (including phenoxy) is 1. The first-order valence-corrected chi connectivity index (χ1v) is 10.4. The minimum absolute atomic E-state index is 0.520. The van der Waals surface area contributed by atoms with Gasteiger partial charge in [0.05, 0.1) is 12.8 Å². The molecular formula is C19H27N5OS. The van der Waals surface area contributed by atoms with E-state index in [9.17, 15) is 0 Å². The number of anilines is 1. The smallest absolute Gasteiger partial charge is 0.204 e. The summed E-state index contributed by atoms with van der Waals surface area (Å²) in [6, 6.07) is 4.67. The van der Waals surface area contributed by atoms with E-state index in [1.807, 2.05) is 18.3 Å². The average molecular weight is 374 g/mol. The second-order valence-electron chi connectivity index (χ2n) is 7.20. The normalized spacial score (nSPS) is 23.0. The molecule has 4 heterocycles. The number of likely N-dealkylation sites (tertiary alicyclic amines) is 1. The summed E-state index contributed by atoms with van der Waals surface area (Å²) in [5, 5.41) is 1.08. The van der Waals surface area contributed by atoms with Crippen molar-refractivity contribution in [3.63, 3.8) is 0 Å². The molecule has 2 aliphatic heterocycles. The molecule has 140 valence electrons. The molecule has 6 nitrogen and oxygen atoms in total. The summed E-state index contributed by atoms with van der Waals surface area (Å²) in [5.74, 6) is 1.46. The van der Waals surface area contributed by atoms with Gasteiger partial charge in [-0.05, 0) is 57.3 Å². The number of methoxy groups -OCH3 is 1. The Kier molecular flexibility index (Phi) is 5.65. The third-order valence-electron chi connectivity index (χ3n) is 5.77. The molecule has 2 fully saturated rings. The van der Waals surface area contributed by atoms with Crippen LogP contribution in [0, 0.1) is 0 Å². The molecule has 0 saturated carbocycles. The van der Waals surface area contributed by atoms with E-state index < -0.39 is 0 Å². The molecule has 2 saturated heterocycles. The van der Waals surface area contributed by atoms with Crippen LogP contribution in [0.15, 0.2) is 24.7 Å². The number of aromatic nitrogens is 3. The lowest BCUT2D eigenvalue weighted by Gasteiger charge is -2.37. The predicted octanol–water partition coefficient (Wildman–Crippen LogP) is 3.18. The number of hydrogen-bond donors (Lipinski definition) is 0. The van der Waals surface area contributed by atoms with Crippen LogP contribution < -0.4 is 9.64 Å². The highest BCUT2D eigenvalue weighted by Crippen LogP contribution is 2.34. The van der Waals surface area contributed by atoms with Gasteiger partial charge < -0.3 is 14.5 Å². The van der Waals surface area contributed by atoms with Gasteiger partial charge in [0.25, 0.3) is 0 Å². The minimum atomic E-state index is 0.520. The molecule has 0 aromatic carbocycles. The highest BCUT2D eigenvalue weighted by atomic mass is 32.1. The van der Waals surface area contributed by atoms with Crippen molar-refractivity contribution in [3.8, 4) is 5.75 Å². The number of piperidine rings is 1. The van der Waals surface area contributed by atoms with Gasteiger partial charge in [0, 0.05) is 42.8 Å². The van der Waals surface area contributed by atoms with Crippen molar-refractivity contribution >= 4 is 16.7 Å². The maximum atomic E-state index is 5.51. The van der Waals surface area contributed by atoms with Gasteiger partial charge in [-0.15, -0.1) is 0 Å². The van der Waals surface area contributed by atoms with Gasteiger partial charge in [-0.3, -0.25) is 4.98 Å². The number of nitrogens with zero attached hydrogens (tertiary/aromatic N) is 5. The summed E-state index contributed by atoms with van der Waals surface area (Å²) in [7, 11) is 1.74. The van der Waals surface area contributed by atoms with Gasteiger partial charge in [-0.1, -0.05) is 0 Å². The Hall–Kier alpha value is -1.73. The van der Waals surface area contributed by atoms with Crippen LogP contribution in [0.4, 0.5) is 5.13 Å². The third-order valence-corrected chi connectivity index (χ3v) is 6.50. The van der Waals surface area contributed by atoms with E-state index in [2.05, 4.69) is 24.1 Å². The zero-order valence-electron chi connectivity index (χ0n) is 15.4. The summed E-state index contributed by atoms with van der Waals surface area (Å²) in [4.78, 5) is 14.1. The lowest BCUT2D eigenvalue weighted by Crippen LogP contribution is -2.41. The topological polar surface area (TPSA) is 54.4 Å². The maximum absolute atomic E-state index is 5.51. The highest BCUT2D eigenvalue weighted by molar-refractivity contribution is 7.09. The van der Waals surface area contributed by atoms with Crippen LogP contribution in [0.25, 0.3) is 0 Å². The minimum Gasteiger partial charge on any atom is -0.495 e. The summed E-state index contributed by atoms with van der Waals surface area (Å²) < 4.78 is 9.66. The molecular weight excluding hydrogens is 346 g/mol. The van der Waals surface area contributed by atoms with Crippen LogP contribution in [0.3, 0.4) is 0 Å². The maximum Gasteiger partial charge on any atom is 0.204 e. The van der Waals surface area contributed by atoms with E-state index >= 15 is 0 Å². The quantitative estimate of drug-likeness (QED) is 0.820. The lowest BCUT2D eigenvalue weighted by molar-refractivity contribution is 0.140. The Morgan fingerprint density at radius 2 is 1.96 bits per heavy atom. The van der Waals surface area contributed by atoms with Gasteiger partial charge in [0.15, 0.2) is 0 Å². The van der Waals surface area contributed by atoms with Crippen molar-refractivity contribution in [2.24, 2.45) is 0 Å². The Labute approximate surface area is 159 Å². The van der Waals surface area contributed by atoms with Crippen molar-refractivity contribution in [2.75, 3.05) is 38.2 Å². The van der Waals surface area contributed by atoms with E-state index in [0.29, 0.717) is 12.0 Å². The van der Waals surface area contributed by atoms with Crippen LogP contribution in [-0.2, 0) is 0 Å². The second-order valence-corrected chi connectivity index (χ2v) is 7.96. The van der Waals surface area contributed by atoms with E-state index in [1.54, 1.807) is 13.4 Å². The van der Waals surface area contributed by atoms with Crippen LogP contribution in [0.2, 0.25) is 0 Å². The molecule has 2 aromatic heterocycles. The first-order chi connectivity index (χ1) is 12.8. The molecule has 0 N–H and O–H groups in total. The van der Waals surface area contributed by atoms with Crippen molar-refractivity contribution in [3.05, 3.63) is 30.4 Å². The van der Waals surface area contributed by atoms with Crippen LogP contribution in [0.5, 0.6) is 5.75 Å². The van der Waals surface area contributed by atoms with Crippen molar-refractivity contribution in [2.45, 2.75) is 44.1 Å². The number of pyridine rings is 1. The molecule has 0 aliphatic carbocycles. The Bertz CT molecular complexity index is 687. The van der Waals surface area contributed by atoms with Gasteiger partial charge in [-0.25, -0.2) is 4.98 Å². The average Bonchev–Trinajstić information content (AvgIpc) is 3.13. The van der Waals surface area contributed by atoms with E-state index in [1.165, 1.54) is 43.6 Å². The number of hydrogen-bond acceptors (Lipinski definition) is 7. The molecule has 0 radical (unpaired) electrons. The molecule has 4 rings (SSSR count). The molecule has 0 bridgehead atoms. The monoisotopic (exact) mass is 373 g/mol. The van der Waals surface area contributed by atoms with Gasteiger partial charge in [0.1, 0.15) is 12.1 Å². The molecule has 26 heavy (non-hydrogen) atoms. The van der Waals surface area contributed by atoms with Crippen LogP contribution in [0.1, 0.15) is 43.7 Å². The zero-order chi connectivity index (χ0) is 17.8. The number of rotatable bonds is 4. The zero-order valence-corrected chi connectivity index (χ0v) is 16.2. The summed E-state index contributed by atoms with van der Waals surface area (Å²) >= 11 is 1.51. The Morgan fingerprint density at radius 3 is 2.73 bits per heavy atom.